The highest BCUT2D eigenvalue weighted by Gasteiger charge is 2.30. The summed E-state index contributed by atoms with van der Waals surface area (Å²) >= 11 is 4.87. The first kappa shape index (κ1) is 27.9. The molecule has 0 bridgehead atoms. The van der Waals surface area contributed by atoms with Crippen LogP contribution in [0.1, 0.15) is 21.5 Å². The lowest BCUT2D eigenvalue weighted by Gasteiger charge is -2.26. The van der Waals surface area contributed by atoms with Crippen LogP contribution in [-0.2, 0) is 16.1 Å². The maximum atomic E-state index is 13.1. The van der Waals surface area contributed by atoms with Crippen LogP contribution in [0.25, 0.3) is 6.08 Å². The van der Waals surface area contributed by atoms with Gasteiger partial charge in [0, 0.05) is 25.7 Å². The summed E-state index contributed by atoms with van der Waals surface area (Å²) in [5.74, 6) is 0.926. The van der Waals surface area contributed by atoms with Crippen molar-refractivity contribution in [3.63, 3.8) is 0 Å². The highest BCUT2D eigenvalue weighted by molar-refractivity contribution is 9.10. The predicted octanol–water partition coefficient (Wildman–Crippen LogP) is 5.74. The molecule has 2 saturated heterocycles. The Morgan fingerprint density at radius 1 is 1.10 bits per heavy atom. The van der Waals surface area contributed by atoms with E-state index in [1.165, 1.54) is 16.7 Å². The van der Waals surface area contributed by atoms with Crippen molar-refractivity contribution in [2.75, 3.05) is 40.5 Å². The number of amidine groups is 1. The first-order valence-electron chi connectivity index (χ1n) is 12.7. The number of aliphatic imine (C=N–C) groups is 1. The Morgan fingerprint density at radius 2 is 1.88 bits per heavy atom. The third-order valence-corrected chi connectivity index (χ3v) is 8.04. The summed E-state index contributed by atoms with van der Waals surface area (Å²) in [7, 11) is 3.27. The molecule has 0 unspecified atom stereocenters. The quantitative estimate of drug-likeness (QED) is 0.313. The van der Waals surface area contributed by atoms with Crippen LogP contribution in [0.15, 0.2) is 81.1 Å². The molecular formula is C30H28BrN3O5S. The molecule has 10 heteroatoms. The fourth-order valence-corrected chi connectivity index (χ4v) is 5.82. The number of halogens is 1. The van der Waals surface area contributed by atoms with E-state index in [0.717, 1.165) is 11.1 Å². The van der Waals surface area contributed by atoms with Crippen molar-refractivity contribution in [1.29, 1.82) is 0 Å². The number of carbonyl (C=O) groups is 2. The molecule has 2 amide bonds. The smallest absolute Gasteiger partial charge is 0.266 e. The Bertz CT molecular complexity index is 1470. The first-order valence-corrected chi connectivity index (χ1v) is 14.3. The number of morpholine rings is 1. The lowest BCUT2D eigenvalue weighted by molar-refractivity contribution is -0.121. The van der Waals surface area contributed by atoms with Gasteiger partial charge in [0.25, 0.3) is 11.8 Å². The molecule has 206 valence electrons. The molecule has 40 heavy (non-hydrogen) atoms. The number of likely N-dealkylation sites (N-methyl/N-ethyl adjacent to an activating group) is 1. The standard InChI is InChI=1S/C30H28BrN3O5S/c1-33-29(36)26(17-21-15-24(31)27(25(16-21)37-2)39-19-20-7-4-3-5-8-20)40-30(33)32-23-10-6-9-22(18-23)28(35)34-11-13-38-14-12-34/h3-10,15-18H,11-14,19H2,1-2H3/b26-17+,32-30?. The number of carbonyl (C=O) groups excluding carboxylic acids is 2. The van der Waals surface area contributed by atoms with Gasteiger partial charge >= 0.3 is 0 Å². The van der Waals surface area contributed by atoms with E-state index in [2.05, 4.69) is 20.9 Å². The van der Waals surface area contributed by atoms with E-state index in [4.69, 9.17) is 14.2 Å². The maximum absolute atomic E-state index is 13.1. The van der Waals surface area contributed by atoms with Gasteiger partial charge in [-0.1, -0.05) is 36.4 Å². The summed E-state index contributed by atoms with van der Waals surface area (Å²) in [5.41, 5.74) is 2.98. The van der Waals surface area contributed by atoms with Crippen molar-refractivity contribution in [2.45, 2.75) is 6.61 Å². The molecule has 0 radical (unpaired) electrons. The van der Waals surface area contributed by atoms with Gasteiger partial charge < -0.3 is 19.1 Å². The van der Waals surface area contributed by atoms with Crippen LogP contribution in [0.5, 0.6) is 11.5 Å². The van der Waals surface area contributed by atoms with Gasteiger partial charge in [-0.3, -0.25) is 14.5 Å². The second-order valence-electron chi connectivity index (χ2n) is 9.13. The molecule has 3 aromatic rings. The third-order valence-electron chi connectivity index (χ3n) is 6.40. The van der Waals surface area contributed by atoms with Crippen molar-refractivity contribution in [3.05, 3.63) is 92.8 Å². The largest absolute Gasteiger partial charge is 0.493 e. The number of ether oxygens (including phenoxy) is 3. The average molecular weight is 623 g/mol. The van der Waals surface area contributed by atoms with Crippen LogP contribution in [0.3, 0.4) is 0 Å². The van der Waals surface area contributed by atoms with Crippen molar-refractivity contribution in [1.82, 2.24) is 9.80 Å². The highest BCUT2D eigenvalue weighted by Crippen LogP contribution is 2.39. The van der Waals surface area contributed by atoms with E-state index >= 15 is 0 Å². The fourth-order valence-electron chi connectivity index (χ4n) is 4.26. The second kappa shape index (κ2) is 12.7. The number of methoxy groups -OCH3 is 1. The van der Waals surface area contributed by atoms with Crippen molar-refractivity contribution in [2.24, 2.45) is 4.99 Å². The highest BCUT2D eigenvalue weighted by atomic mass is 79.9. The number of hydrogen-bond donors (Lipinski definition) is 0. The number of rotatable bonds is 7. The van der Waals surface area contributed by atoms with E-state index < -0.39 is 0 Å². The molecule has 0 atom stereocenters. The summed E-state index contributed by atoms with van der Waals surface area (Å²) in [6, 6.07) is 20.8. The molecule has 8 nitrogen and oxygen atoms in total. The van der Waals surface area contributed by atoms with E-state index in [9.17, 15) is 9.59 Å². The van der Waals surface area contributed by atoms with Crippen LogP contribution in [-0.4, -0.2) is 67.2 Å². The van der Waals surface area contributed by atoms with Gasteiger partial charge in [-0.15, -0.1) is 0 Å². The van der Waals surface area contributed by atoms with E-state index in [0.29, 0.717) is 70.2 Å². The van der Waals surface area contributed by atoms with Crippen LogP contribution in [0, 0.1) is 0 Å². The van der Waals surface area contributed by atoms with Crippen molar-refractivity contribution < 1.29 is 23.8 Å². The maximum Gasteiger partial charge on any atom is 0.266 e. The molecule has 3 aromatic carbocycles. The van der Waals surface area contributed by atoms with Gasteiger partial charge in [0.15, 0.2) is 16.7 Å². The minimum Gasteiger partial charge on any atom is -0.493 e. The minimum atomic E-state index is -0.163. The molecule has 0 saturated carbocycles. The van der Waals surface area contributed by atoms with E-state index in [1.54, 1.807) is 43.3 Å². The molecule has 0 aliphatic carbocycles. The second-order valence-corrected chi connectivity index (χ2v) is 11.0. The van der Waals surface area contributed by atoms with Crippen LogP contribution >= 0.6 is 27.7 Å². The molecule has 2 aliphatic rings. The summed E-state index contributed by atoms with van der Waals surface area (Å²) in [5, 5.41) is 0.529. The lowest BCUT2D eigenvalue weighted by atomic mass is 10.1. The summed E-state index contributed by atoms with van der Waals surface area (Å²) in [6.07, 6.45) is 1.80. The van der Waals surface area contributed by atoms with Gasteiger partial charge in [0.2, 0.25) is 0 Å². The van der Waals surface area contributed by atoms with Gasteiger partial charge in [-0.2, -0.15) is 0 Å². The van der Waals surface area contributed by atoms with Crippen molar-refractivity contribution in [3.8, 4) is 11.5 Å². The van der Waals surface area contributed by atoms with Crippen LogP contribution < -0.4 is 9.47 Å². The summed E-state index contributed by atoms with van der Waals surface area (Å²) in [4.78, 5) is 34.5. The van der Waals surface area contributed by atoms with Gasteiger partial charge in [-0.05, 0) is 75.2 Å². The zero-order valence-corrected chi connectivity index (χ0v) is 24.5. The molecule has 2 heterocycles. The van der Waals surface area contributed by atoms with Gasteiger partial charge in [0.05, 0.1) is 35.4 Å². The topological polar surface area (TPSA) is 80.7 Å². The average Bonchev–Trinajstić information content (AvgIpc) is 3.24. The SMILES string of the molecule is COc1cc(/C=C2/SC(=Nc3cccc(C(=O)N4CCOCC4)c3)N(C)C2=O)cc(Br)c1OCc1ccccc1. The van der Waals surface area contributed by atoms with Gasteiger partial charge in [-0.25, -0.2) is 4.99 Å². The lowest BCUT2D eigenvalue weighted by Crippen LogP contribution is -2.40. The minimum absolute atomic E-state index is 0.0508. The fraction of sp³-hybridized carbons (Fsp3) is 0.233. The Morgan fingerprint density at radius 3 is 2.62 bits per heavy atom. The Balaban J connectivity index is 1.34. The number of amides is 2. The summed E-state index contributed by atoms with van der Waals surface area (Å²) < 4.78 is 17.7. The zero-order valence-electron chi connectivity index (χ0n) is 22.1. The number of thioether (sulfide) groups is 1. The Kier molecular flexibility index (Phi) is 8.88. The molecule has 2 fully saturated rings. The predicted molar refractivity (Wildman–Crippen MR) is 160 cm³/mol. The first-order chi connectivity index (χ1) is 19.4. The van der Waals surface area contributed by atoms with E-state index in [1.807, 2.05) is 48.5 Å². The van der Waals surface area contributed by atoms with Gasteiger partial charge in [0.1, 0.15) is 6.61 Å². The molecule has 2 aliphatic heterocycles. The monoisotopic (exact) mass is 621 g/mol. The zero-order chi connectivity index (χ0) is 28.1. The molecule has 5 rings (SSSR count). The van der Waals surface area contributed by atoms with Crippen LogP contribution in [0.4, 0.5) is 5.69 Å². The molecule has 0 N–H and O–H groups in total. The number of benzene rings is 3. The normalized spacial score (nSPS) is 17.5. The Labute approximate surface area is 245 Å². The number of hydrogen-bond acceptors (Lipinski definition) is 7. The van der Waals surface area contributed by atoms with Crippen molar-refractivity contribution >= 4 is 56.4 Å². The molecule has 0 spiro atoms. The number of nitrogens with zero attached hydrogens (tertiary/aromatic N) is 3. The Hall–Kier alpha value is -3.60. The van der Waals surface area contributed by atoms with E-state index in [-0.39, 0.29) is 11.8 Å². The molecular weight excluding hydrogens is 594 g/mol. The molecule has 0 aromatic heterocycles. The van der Waals surface area contributed by atoms with Crippen LogP contribution in [0.2, 0.25) is 0 Å². The third kappa shape index (κ3) is 6.41. The summed E-state index contributed by atoms with van der Waals surface area (Å²) in [6.45, 7) is 2.62.